The summed E-state index contributed by atoms with van der Waals surface area (Å²) in [5.74, 6) is 5.74. The van der Waals surface area contributed by atoms with E-state index in [0.717, 1.165) is 18.7 Å². The summed E-state index contributed by atoms with van der Waals surface area (Å²) >= 11 is 1.63. The predicted molar refractivity (Wildman–Crippen MR) is 97.3 cm³/mol. The second-order valence-electron chi connectivity index (χ2n) is 6.05. The van der Waals surface area contributed by atoms with Crippen LogP contribution in [0.3, 0.4) is 0 Å². The van der Waals surface area contributed by atoms with Crippen molar-refractivity contribution in [3.63, 3.8) is 0 Å². The van der Waals surface area contributed by atoms with Gasteiger partial charge >= 0.3 is 0 Å². The molecule has 1 saturated heterocycles. The number of nitrogens with one attached hydrogen (secondary N) is 2. The van der Waals surface area contributed by atoms with E-state index in [0.29, 0.717) is 6.61 Å². The number of ether oxygens (including phenoxy) is 2. The predicted octanol–water partition coefficient (Wildman–Crippen LogP) is 2.83. The zero-order chi connectivity index (χ0) is 16.8. The number of hydrogen-bond acceptors (Lipinski definition) is 5. The van der Waals surface area contributed by atoms with Crippen LogP contribution in [0.2, 0.25) is 0 Å². The van der Waals surface area contributed by atoms with Crippen LogP contribution in [0.15, 0.2) is 53.1 Å². The molecule has 1 fully saturated rings. The Hall–Kier alpha value is -1.71. The molecule has 1 aromatic carbocycles. The van der Waals surface area contributed by atoms with Crippen molar-refractivity contribution < 1.29 is 9.47 Å². The maximum absolute atomic E-state index is 5.68. The molecule has 2 heterocycles. The molecule has 2 aliphatic heterocycles. The third kappa shape index (κ3) is 5.15. The largest absolute Gasteiger partial charge is 0.387 e. The van der Waals surface area contributed by atoms with E-state index < -0.39 is 5.79 Å². The monoisotopic (exact) mass is 342 g/mol. The molecule has 0 radical (unpaired) electrons. The van der Waals surface area contributed by atoms with Crippen LogP contribution in [0, 0.1) is 11.8 Å². The van der Waals surface area contributed by atoms with Crippen LogP contribution in [0.1, 0.15) is 19.4 Å². The minimum atomic E-state index is -0.523. The molecule has 0 aromatic heterocycles. The van der Waals surface area contributed by atoms with Crippen LogP contribution in [0.5, 0.6) is 0 Å². The van der Waals surface area contributed by atoms with Crippen LogP contribution in [-0.2, 0) is 9.47 Å². The summed E-state index contributed by atoms with van der Waals surface area (Å²) in [6.45, 7) is 6.09. The van der Waals surface area contributed by atoms with E-state index in [1.807, 2.05) is 32.2 Å². The van der Waals surface area contributed by atoms with Crippen molar-refractivity contribution in [1.82, 2.24) is 10.0 Å². The first-order chi connectivity index (χ1) is 11.6. The summed E-state index contributed by atoms with van der Waals surface area (Å²) in [5.41, 5.74) is 2.28. The lowest BCUT2D eigenvalue weighted by atomic mass is 10.2. The minimum absolute atomic E-state index is 0.151. The average molecular weight is 342 g/mol. The average Bonchev–Trinajstić information content (AvgIpc) is 2.94. The molecule has 126 valence electrons. The Balaban J connectivity index is 1.47. The molecule has 1 atom stereocenters. The van der Waals surface area contributed by atoms with Crippen molar-refractivity contribution in [2.45, 2.75) is 30.6 Å². The molecule has 1 unspecified atom stereocenters. The van der Waals surface area contributed by atoms with Gasteiger partial charge in [-0.25, -0.2) is 0 Å². The van der Waals surface area contributed by atoms with Gasteiger partial charge in [-0.3, -0.25) is 4.72 Å². The third-order valence-corrected chi connectivity index (χ3v) is 4.40. The molecular weight excluding hydrogens is 320 g/mol. The molecule has 5 heteroatoms. The molecule has 24 heavy (non-hydrogen) atoms. The van der Waals surface area contributed by atoms with Gasteiger partial charge in [-0.15, -0.1) is 0 Å². The lowest BCUT2D eigenvalue weighted by Gasteiger charge is -2.14. The Bertz CT molecular complexity index is 684. The zero-order valence-corrected chi connectivity index (χ0v) is 14.8. The van der Waals surface area contributed by atoms with Crippen LogP contribution < -0.4 is 10.0 Å². The second kappa shape index (κ2) is 7.91. The van der Waals surface area contributed by atoms with Crippen LogP contribution in [-0.4, -0.2) is 31.6 Å². The molecule has 1 aromatic rings. The van der Waals surface area contributed by atoms with Crippen LogP contribution >= 0.6 is 11.9 Å². The summed E-state index contributed by atoms with van der Waals surface area (Å²) < 4.78 is 14.6. The quantitative estimate of drug-likeness (QED) is 0.651. The number of dihydropyridines is 1. The lowest BCUT2D eigenvalue weighted by Crippen LogP contribution is -2.20. The summed E-state index contributed by atoms with van der Waals surface area (Å²) in [6, 6.07) is 8.21. The van der Waals surface area contributed by atoms with Crippen molar-refractivity contribution in [2.24, 2.45) is 0 Å². The van der Waals surface area contributed by atoms with E-state index in [9.17, 15) is 0 Å². The van der Waals surface area contributed by atoms with Crippen molar-refractivity contribution in [3.05, 3.63) is 53.8 Å². The zero-order valence-electron chi connectivity index (χ0n) is 14.0. The molecule has 0 saturated carbocycles. The summed E-state index contributed by atoms with van der Waals surface area (Å²) in [5, 5.41) is 3.14. The molecule has 2 N–H and O–H groups in total. The highest BCUT2D eigenvalue weighted by Gasteiger charge is 2.31. The first kappa shape index (κ1) is 17.1. The lowest BCUT2D eigenvalue weighted by molar-refractivity contribution is -0.132. The molecule has 0 amide bonds. The van der Waals surface area contributed by atoms with E-state index in [4.69, 9.17) is 9.47 Å². The van der Waals surface area contributed by atoms with E-state index >= 15 is 0 Å². The van der Waals surface area contributed by atoms with E-state index in [-0.39, 0.29) is 6.10 Å². The smallest absolute Gasteiger partial charge is 0.164 e. The molecule has 0 spiro atoms. The van der Waals surface area contributed by atoms with E-state index in [2.05, 4.69) is 46.2 Å². The fourth-order valence-electron chi connectivity index (χ4n) is 2.35. The highest BCUT2D eigenvalue weighted by Crippen LogP contribution is 2.22. The number of benzene rings is 1. The maximum atomic E-state index is 5.68. The standard InChI is InChI=1S/C19H22N2O2S/c1-19(2)22-14-17(23-19)6-3-15-4-7-18(8-5-15)24-21-13-16-9-11-20-12-10-16/h4-5,7-11,17,20-21H,12-14H2,1-2H3. The molecule has 3 rings (SSSR count). The van der Waals surface area contributed by atoms with Gasteiger partial charge in [-0.05, 0) is 67.9 Å². The van der Waals surface area contributed by atoms with Gasteiger partial charge in [-0.2, -0.15) is 0 Å². The third-order valence-electron chi connectivity index (χ3n) is 3.60. The topological polar surface area (TPSA) is 42.5 Å². The highest BCUT2D eigenvalue weighted by atomic mass is 32.2. The fourth-order valence-corrected chi connectivity index (χ4v) is 3.03. The fraction of sp³-hybridized carbons (Fsp3) is 0.368. The molecule has 0 bridgehead atoms. The van der Waals surface area contributed by atoms with Crippen LogP contribution in [0.25, 0.3) is 0 Å². The van der Waals surface area contributed by atoms with Crippen molar-refractivity contribution in [2.75, 3.05) is 19.7 Å². The first-order valence-electron chi connectivity index (χ1n) is 8.03. The van der Waals surface area contributed by atoms with E-state index in [1.165, 1.54) is 10.5 Å². The Morgan fingerprint density at radius 2 is 2.17 bits per heavy atom. The molecular formula is C19H22N2O2S. The molecule has 0 aliphatic carbocycles. The van der Waals surface area contributed by atoms with Gasteiger partial charge in [0.25, 0.3) is 0 Å². The minimum Gasteiger partial charge on any atom is -0.387 e. The molecule has 2 aliphatic rings. The van der Waals surface area contributed by atoms with Crippen molar-refractivity contribution >= 4 is 11.9 Å². The van der Waals surface area contributed by atoms with Crippen LogP contribution in [0.4, 0.5) is 0 Å². The van der Waals surface area contributed by atoms with Gasteiger partial charge in [0.05, 0.1) is 6.61 Å². The van der Waals surface area contributed by atoms with Gasteiger partial charge in [0.2, 0.25) is 0 Å². The Labute approximate surface area is 147 Å². The Kier molecular flexibility index (Phi) is 5.64. The Morgan fingerprint density at radius 1 is 1.33 bits per heavy atom. The second-order valence-corrected chi connectivity index (χ2v) is 7.02. The van der Waals surface area contributed by atoms with Gasteiger partial charge < -0.3 is 14.8 Å². The molecule has 4 nitrogen and oxygen atoms in total. The maximum Gasteiger partial charge on any atom is 0.164 e. The first-order valence-corrected chi connectivity index (χ1v) is 8.84. The van der Waals surface area contributed by atoms with Gasteiger partial charge in [0.15, 0.2) is 5.79 Å². The normalized spacial score (nSPS) is 21.6. The van der Waals surface area contributed by atoms with Crippen molar-refractivity contribution in [3.8, 4) is 11.8 Å². The SMILES string of the molecule is CC1(C)OCC(C#Cc2ccc(SNCC3=CCNC=C3)cc2)O1. The Morgan fingerprint density at radius 3 is 2.83 bits per heavy atom. The summed E-state index contributed by atoms with van der Waals surface area (Å²) in [4.78, 5) is 1.17. The van der Waals surface area contributed by atoms with Gasteiger partial charge in [-0.1, -0.05) is 17.9 Å². The number of hydrogen-bond donors (Lipinski definition) is 2. The van der Waals surface area contributed by atoms with Gasteiger partial charge in [0, 0.05) is 23.5 Å². The number of rotatable bonds is 4. The highest BCUT2D eigenvalue weighted by molar-refractivity contribution is 7.97. The summed E-state index contributed by atoms with van der Waals surface area (Å²) in [6.07, 6.45) is 6.10. The van der Waals surface area contributed by atoms with Gasteiger partial charge in [0.1, 0.15) is 6.10 Å². The van der Waals surface area contributed by atoms with E-state index in [1.54, 1.807) is 11.9 Å². The summed E-state index contributed by atoms with van der Waals surface area (Å²) in [7, 11) is 0. The van der Waals surface area contributed by atoms with Crippen molar-refractivity contribution in [1.29, 1.82) is 0 Å².